The summed E-state index contributed by atoms with van der Waals surface area (Å²) in [6.07, 6.45) is 1.42. The van der Waals surface area contributed by atoms with E-state index in [1.54, 1.807) is 36.1 Å². The van der Waals surface area contributed by atoms with Crippen LogP contribution in [-0.2, 0) is 9.59 Å². The Morgan fingerprint density at radius 2 is 1.69 bits per heavy atom. The maximum Gasteiger partial charge on any atom is 0.234 e. The van der Waals surface area contributed by atoms with Crippen LogP contribution in [-0.4, -0.2) is 49.6 Å². The maximum atomic E-state index is 12.4. The largest absolute Gasteiger partial charge is 0.497 e. The van der Waals surface area contributed by atoms with Crippen molar-refractivity contribution in [3.63, 3.8) is 0 Å². The molecular weight excluding hydrogens is 430 g/mol. The molecular formula is C21H19N7O3S. The summed E-state index contributed by atoms with van der Waals surface area (Å²) >= 11 is 1.25. The number of hydrogen-bond donors (Lipinski definition) is 2. The van der Waals surface area contributed by atoms with Crippen molar-refractivity contribution < 1.29 is 14.3 Å². The summed E-state index contributed by atoms with van der Waals surface area (Å²) in [5, 5.41) is 14.4. The molecule has 0 aliphatic carbocycles. The number of nitrogens with zero attached hydrogens (tertiary/aromatic N) is 5. The van der Waals surface area contributed by atoms with E-state index in [-0.39, 0.29) is 17.6 Å². The zero-order chi connectivity index (χ0) is 22.5. The Hall–Kier alpha value is -3.99. The molecule has 0 spiro atoms. The standard InChI is InChI=1S/C21H19N7O3S/c1-13(29)24-14-3-5-15(6-4-14)25-18(30)11-32-21-19-20(22-12-23-21)28(27-26-19)16-7-9-17(31-2)10-8-16/h3-10,12H,11H2,1-2H3,(H,24,29)(H,25,30). The normalized spacial score (nSPS) is 10.7. The van der Waals surface area contributed by atoms with Crippen molar-refractivity contribution in [1.29, 1.82) is 0 Å². The van der Waals surface area contributed by atoms with Gasteiger partial charge in [0, 0.05) is 18.3 Å². The van der Waals surface area contributed by atoms with Crippen LogP contribution < -0.4 is 15.4 Å². The number of thioether (sulfide) groups is 1. The highest BCUT2D eigenvalue weighted by Gasteiger charge is 2.15. The lowest BCUT2D eigenvalue weighted by Gasteiger charge is -2.07. The van der Waals surface area contributed by atoms with Crippen LogP contribution in [0.25, 0.3) is 16.9 Å². The van der Waals surface area contributed by atoms with Crippen molar-refractivity contribution >= 4 is 46.1 Å². The quantitative estimate of drug-likeness (QED) is 0.326. The van der Waals surface area contributed by atoms with Crippen molar-refractivity contribution in [2.75, 3.05) is 23.5 Å². The Morgan fingerprint density at radius 1 is 1.00 bits per heavy atom. The van der Waals surface area contributed by atoms with Gasteiger partial charge < -0.3 is 15.4 Å². The van der Waals surface area contributed by atoms with Gasteiger partial charge in [-0.1, -0.05) is 17.0 Å². The van der Waals surface area contributed by atoms with Crippen LogP contribution in [0.2, 0.25) is 0 Å². The Morgan fingerprint density at radius 3 is 2.34 bits per heavy atom. The topological polar surface area (TPSA) is 124 Å². The Balaban J connectivity index is 1.43. The summed E-state index contributed by atoms with van der Waals surface area (Å²) in [4.78, 5) is 32.0. The molecule has 0 atom stereocenters. The van der Waals surface area contributed by atoms with E-state index >= 15 is 0 Å². The smallest absolute Gasteiger partial charge is 0.234 e. The van der Waals surface area contributed by atoms with Crippen LogP contribution in [0.1, 0.15) is 6.92 Å². The minimum atomic E-state index is -0.198. The van der Waals surface area contributed by atoms with Crippen molar-refractivity contribution in [1.82, 2.24) is 25.0 Å². The molecule has 0 unspecified atom stereocenters. The summed E-state index contributed by atoms with van der Waals surface area (Å²) in [5.74, 6) is 0.518. The Kier molecular flexibility index (Phi) is 6.26. The molecule has 162 valence electrons. The number of fused-ring (bicyclic) bond motifs is 1. The molecule has 2 amide bonds. The minimum absolute atomic E-state index is 0.134. The number of rotatable bonds is 7. The molecule has 32 heavy (non-hydrogen) atoms. The highest BCUT2D eigenvalue weighted by molar-refractivity contribution is 8.00. The third kappa shape index (κ3) is 4.83. The van der Waals surface area contributed by atoms with Gasteiger partial charge in [0.05, 0.1) is 18.6 Å². The molecule has 10 nitrogen and oxygen atoms in total. The number of ether oxygens (including phenoxy) is 1. The third-order valence-electron chi connectivity index (χ3n) is 4.35. The number of carbonyl (C=O) groups is 2. The SMILES string of the molecule is COc1ccc(-n2nnc3c(SCC(=O)Nc4ccc(NC(C)=O)cc4)ncnc32)cc1. The van der Waals surface area contributed by atoms with Gasteiger partial charge in [-0.05, 0) is 48.5 Å². The average molecular weight is 449 g/mol. The number of aromatic nitrogens is 5. The van der Waals surface area contributed by atoms with E-state index in [2.05, 4.69) is 30.9 Å². The van der Waals surface area contributed by atoms with Crippen LogP contribution in [0, 0.1) is 0 Å². The molecule has 2 aromatic heterocycles. The molecule has 0 saturated carbocycles. The fourth-order valence-corrected chi connectivity index (χ4v) is 3.63. The second-order valence-corrected chi connectivity index (χ2v) is 7.61. The highest BCUT2D eigenvalue weighted by atomic mass is 32.2. The van der Waals surface area contributed by atoms with E-state index in [1.165, 1.54) is 25.0 Å². The predicted octanol–water partition coefficient (Wildman–Crippen LogP) is 2.91. The first kappa shape index (κ1) is 21.2. The number of carbonyl (C=O) groups excluding carboxylic acids is 2. The van der Waals surface area contributed by atoms with Gasteiger partial charge in [-0.3, -0.25) is 9.59 Å². The van der Waals surface area contributed by atoms with Crippen LogP contribution in [0.4, 0.5) is 11.4 Å². The first-order valence-electron chi connectivity index (χ1n) is 9.54. The fraction of sp³-hybridized carbons (Fsp3) is 0.143. The lowest BCUT2D eigenvalue weighted by atomic mass is 10.3. The molecule has 2 aromatic carbocycles. The number of benzene rings is 2. The van der Waals surface area contributed by atoms with E-state index in [9.17, 15) is 9.59 Å². The van der Waals surface area contributed by atoms with Gasteiger partial charge in [-0.2, -0.15) is 4.68 Å². The molecule has 0 aliphatic rings. The lowest BCUT2D eigenvalue weighted by molar-refractivity contribution is -0.114. The van der Waals surface area contributed by atoms with Crippen molar-refractivity contribution in [3.8, 4) is 11.4 Å². The Bertz CT molecular complexity index is 1260. The first-order valence-corrected chi connectivity index (χ1v) is 10.5. The van der Waals surface area contributed by atoms with E-state index in [0.29, 0.717) is 27.6 Å². The predicted molar refractivity (Wildman–Crippen MR) is 121 cm³/mol. The molecule has 4 rings (SSSR count). The zero-order valence-electron chi connectivity index (χ0n) is 17.3. The van der Waals surface area contributed by atoms with Crippen LogP contribution in [0.5, 0.6) is 5.75 Å². The fourth-order valence-electron chi connectivity index (χ4n) is 2.90. The zero-order valence-corrected chi connectivity index (χ0v) is 18.1. The number of anilines is 2. The molecule has 0 bridgehead atoms. The molecule has 2 heterocycles. The maximum absolute atomic E-state index is 12.4. The van der Waals surface area contributed by atoms with Crippen LogP contribution in [0.3, 0.4) is 0 Å². The summed E-state index contributed by atoms with van der Waals surface area (Å²) in [7, 11) is 1.60. The summed E-state index contributed by atoms with van der Waals surface area (Å²) in [6.45, 7) is 1.44. The van der Waals surface area contributed by atoms with Crippen LogP contribution in [0.15, 0.2) is 59.9 Å². The molecule has 4 aromatic rings. The second-order valence-electron chi connectivity index (χ2n) is 6.65. The summed E-state index contributed by atoms with van der Waals surface area (Å²) in [6, 6.07) is 14.2. The van der Waals surface area contributed by atoms with E-state index in [0.717, 1.165) is 11.4 Å². The molecule has 0 fully saturated rings. The number of methoxy groups -OCH3 is 1. The van der Waals surface area contributed by atoms with E-state index in [1.807, 2.05) is 24.3 Å². The highest BCUT2D eigenvalue weighted by Crippen LogP contribution is 2.25. The summed E-state index contributed by atoms with van der Waals surface area (Å²) in [5.41, 5.74) is 3.13. The monoisotopic (exact) mass is 449 g/mol. The van der Waals surface area contributed by atoms with E-state index in [4.69, 9.17) is 4.74 Å². The molecule has 0 aliphatic heterocycles. The summed E-state index contributed by atoms with van der Waals surface area (Å²) < 4.78 is 6.79. The van der Waals surface area contributed by atoms with Crippen molar-refractivity contribution in [2.24, 2.45) is 0 Å². The van der Waals surface area contributed by atoms with Crippen molar-refractivity contribution in [2.45, 2.75) is 11.9 Å². The Labute approximate surface area is 187 Å². The van der Waals surface area contributed by atoms with Gasteiger partial charge >= 0.3 is 0 Å². The molecule has 0 radical (unpaired) electrons. The van der Waals surface area contributed by atoms with Gasteiger partial charge in [0.25, 0.3) is 0 Å². The number of amides is 2. The second kappa shape index (κ2) is 9.43. The van der Waals surface area contributed by atoms with Crippen LogP contribution >= 0.6 is 11.8 Å². The lowest BCUT2D eigenvalue weighted by Crippen LogP contribution is -2.14. The first-order chi connectivity index (χ1) is 15.5. The van der Waals surface area contributed by atoms with Gasteiger partial charge in [0.1, 0.15) is 17.1 Å². The number of hydrogen-bond acceptors (Lipinski definition) is 8. The van der Waals surface area contributed by atoms with Gasteiger partial charge in [-0.15, -0.1) is 5.10 Å². The van der Waals surface area contributed by atoms with Gasteiger partial charge in [-0.25, -0.2) is 9.97 Å². The third-order valence-corrected chi connectivity index (χ3v) is 5.33. The average Bonchev–Trinajstić information content (AvgIpc) is 3.23. The van der Waals surface area contributed by atoms with Crippen molar-refractivity contribution in [3.05, 3.63) is 54.9 Å². The van der Waals surface area contributed by atoms with E-state index < -0.39 is 0 Å². The van der Waals surface area contributed by atoms with Gasteiger partial charge in [0.2, 0.25) is 11.8 Å². The molecule has 11 heteroatoms. The molecule has 0 saturated heterocycles. The number of nitrogens with one attached hydrogen (secondary N) is 2. The molecule has 2 N–H and O–H groups in total. The minimum Gasteiger partial charge on any atom is -0.497 e. The van der Waals surface area contributed by atoms with Gasteiger partial charge in [0.15, 0.2) is 11.2 Å².